The first kappa shape index (κ1) is 13.9. The van der Waals surface area contributed by atoms with Crippen molar-refractivity contribution in [3.8, 4) is 0 Å². The van der Waals surface area contributed by atoms with E-state index in [0.29, 0.717) is 22.2 Å². The zero-order chi connectivity index (χ0) is 14.9. The molecule has 1 heterocycles. The summed E-state index contributed by atoms with van der Waals surface area (Å²) in [6.07, 6.45) is 0. The molecule has 104 valence electrons. The molecule has 1 aromatic carbocycles. The van der Waals surface area contributed by atoms with Gasteiger partial charge in [-0.25, -0.2) is 0 Å². The zero-order valence-electron chi connectivity index (χ0n) is 11.5. The van der Waals surface area contributed by atoms with Crippen LogP contribution in [-0.2, 0) is 0 Å². The highest BCUT2D eigenvalue weighted by atomic mass is 16.6. The molecule has 0 aliphatic carbocycles. The lowest BCUT2D eigenvalue weighted by Gasteiger charge is -2.11. The maximum absolute atomic E-state index is 12.2. The monoisotopic (exact) mass is 273 g/mol. The molecule has 6 nitrogen and oxygen atoms in total. The van der Waals surface area contributed by atoms with E-state index in [9.17, 15) is 14.9 Å². The van der Waals surface area contributed by atoms with Crippen LogP contribution in [-0.4, -0.2) is 21.9 Å². The van der Waals surface area contributed by atoms with Crippen LogP contribution >= 0.6 is 0 Å². The number of carbonyl (C=O) groups excluding carboxylic acids is 1. The minimum Gasteiger partial charge on any atom is -0.350 e. The number of aryl methyl sites for hydroxylation is 1. The lowest BCUT2D eigenvalue weighted by molar-refractivity contribution is -0.384. The Balaban J connectivity index is 2.64. The molecular weight excluding hydrogens is 258 g/mol. The Bertz CT molecular complexity index is 695. The molecule has 2 aromatic rings. The zero-order valence-corrected chi connectivity index (χ0v) is 11.5. The number of rotatable bonds is 3. The third-order valence-electron chi connectivity index (χ3n) is 2.80. The van der Waals surface area contributed by atoms with E-state index in [4.69, 9.17) is 0 Å². The van der Waals surface area contributed by atoms with Gasteiger partial charge in [0.15, 0.2) is 0 Å². The Kier molecular flexibility index (Phi) is 3.65. The summed E-state index contributed by atoms with van der Waals surface area (Å²) in [7, 11) is 0. The molecule has 1 amide bonds. The molecule has 20 heavy (non-hydrogen) atoms. The predicted molar refractivity (Wildman–Crippen MR) is 75.7 cm³/mol. The number of amides is 1. The van der Waals surface area contributed by atoms with Crippen LogP contribution in [0.25, 0.3) is 10.9 Å². The van der Waals surface area contributed by atoms with E-state index in [2.05, 4.69) is 10.3 Å². The van der Waals surface area contributed by atoms with Crippen LogP contribution in [0.1, 0.15) is 29.9 Å². The first-order valence-electron chi connectivity index (χ1n) is 6.25. The highest BCUT2D eigenvalue weighted by molar-refractivity contribution is 6.06. The summed E-state index contributed by atoms with van der Waals surface area (Å²) in [6.45, 7) is 5.50. The average molecular weight is 273 g/mol. The van der Waals surface area contributed by atoms with Gasteiger partial charge in [-0.1, -0.05) is 0 Å². The van der Waals surface area contributed by atoms with Crippen LogP contribution in [0, 0.1) is 17.0 Å². The van der Waals surface area contributed by atoms with Gasteiger partial charge < -0.3 is 5.32 Å². The molecule has 1 aromatic heterocycles. The van der Waals surface area contributed by atoms with Crippen molar-refractivity contribution in [2.45, 2.75) is 26.8 Å². The average Bonchev–Trinajstić information content (AvgIpc) is 2.36. The molecule has 0 aliphatic rings. The van der Waals surface area contributed by atoms with Crippen molar-refractivity contribution in [2.75, 3.05) is 0 Å². The number of nitrogens with zero attached hydrogens (tertiary/aromatic N) is 2. The van der Waals surface area contributed by atoms with Crippen LogP contribution in [0.5, 0.6) is 0 Å². The number of nitro benzene ring substituents is 1. The number of carbonyl (C=O) groups is 1. The van der Waals surface area contributed by atoms with Crippen molar-refractivity contribution in [1.82, 2.24) is 10.3 Å². The highest BCUT2D eigenvalue weighted by Crippen LogP contribution is 2.23. The van der Waals surface area contributed by atoms with Crippen molar-refractivity contribution in [3.05, 3.63) is 45.6 Å². The molecule has 0 aliphatic heterocycles. The van der Waals surface area contributed by atoms with E-state index in [0.717, 1.165) is 0 Å². The van der Waals surface area contributed by atoms with E-state index in [1.165, 1.54) is 12.1 Å². The van der Waals surface area contributed by atoms with Crippen molar-refractivity contribution in [3.63, 3.8) is 0 Å². The standard InChI is InChI=1S/C14H15N3O3/c1-8(2)15-14(18)12-6-9(3)16-13-5-4-10(17(19)20)7-11(12)13/h4-8H,1-3H3,(H,15,18). The summed E-state index contributed by atoms with van der Waals surface area (Å²) >= 11 is 0. The Morgan fingerprint density at radius 1 is 1.35 bits per heavy atom. The summed E-state index contributed by atoms with van der Waals surface area (Å²) in [5.74, 6) is -0.254. The van der Waals surface area contributed by atoms with Gasteiger partial charge in [0.25, 0.3) is 11.6 Å². The van der Waals surface area contributed by atoms with Gasteiger partial charge in [0.05, 0.1) is 16.0 Å². The van der Waals surface area contributed by atoms with Crippen molar-refractivity contribution in [2.24, 2.45) is 0 Å². The fraction of sp³-hybridized carbons (Fsp3) is 0.286. The highest BCUT2D eigenvalue weighted by Gasteiger charge is 2.15. The fourth-order valence-corrected chi connectivity index (χ4v) is 1.99. The van der Waals surface area contributed by atoms with Gasteiger partial charge in [-0.05, 0) is 32.9 Å². The van der Waals surface area contributed by atoms with Gasteiger partial charge in [0, 0.05) is 29.3 Å². The molecule has 6 heteroatoms. The van der Waals surface area contributed by atoms with Crippen molar-refractivity contribution >= 4 is 22.5 Å². The van der Waals surface area contributed by atoms with E-state index in [-0.39, 0.29) is 17.6 Å². The second kappa shape index (κ2) is 5.24. The van der Waals surface area contributed by atoms with Crippen molar-refractivity contribution in [1.29, 1.82) is 0 Å². The Labute approximate surface area is 116 Å². The molecule has 0 atom stereocenters. The molecule has 0 radical (unpaired) electrons. The number of hydrogen-bond donors (Lipinski definition) is 1. The number of benzene rings is 1. The van der Waals surface area contributed by atoms with Gasteiger partial charge in [-0.15, -0.1) is 0 Å². The Hall–Kier alpha value is -2.50. The summed E-state index contributed by atoms with van der Waals surface area (Å²) in [5, 5.41) is 14.1. The summed E-state index contributed by atoms with van der Waals surface area (Å²) < 4.78 is 0. The van der Waals surface area contributed by atoms with Crippen LogP contribution in [0.4, 0.5) is 5.69 Å². The van der Waals surface area contributed by atoms with Crippen LogP contribution in [0.3, 0.4) is 0 Å². The van der Waals surface area contributed by atoms with Gasteiger partial charge in [0.1, 0.15) is 0 Å². The second-order valence-corrected chi connectivity index (χ2v) is 4.90. The van der Waals surface area contributed by atoms with Crippen LogP contribution < -0.4 is 5.32 Å². The van der Waals surface area contributed by atoms with Gasteiger partial charge in [0.2, 0.25) is 0 Å². The first-order chi connectivity index (χ1) is 9.38. The van der Waals surface area contributed by atoms with Crippen LogP contribution in [0.2, 0.25) is 0 Å². The third-order valence-corrected chi connectivity index (χ3v) is 2.80. The topological polar surface area (TPSA) is 85.1 Å². The molecule has 0 unspecified atom stereocenters. The van der Waals surface area contributed by atoms with Gasteiger partial charge in [-0.2, -0.15) is 0 Å². The summed E-state index contributed by atoms with van der Waals surface area (Å²) in [4.78, 5) is 26.9. The molecule has 0 saturated heterocycles. The van der Waals surface area contributed by atoms with Gasteiger partial charge >= 0.3 is 0 Å². The van der Waals surface area contributed by atoms with Crippen molar-refractivity contribution < 1.29 is 9.72 Å². The number of pyridine rings is 1. The maximum Gasteiger partial charge on any atom is 0.270 e. The van der Waals surface area contributed by atoms with Crippen LogP contribution in [0.15, 0.2) is 24.3 Å². The molecule has 1 N–H and O–H groups in total. The summed E-state index contributed by atoms with van der Waals surface area (Å²) in [5.41, 5.74) is 1.62. The number of hydrogen-bond acceptors (Lipinski definition) is 4. The van der Waals surface area contributed by atoms with E-state index in [1.807, 2.05) is 13.8 Å². The normalized spacial score (nSPS) is 10.8. The fourth-order valence-electron chi connectivity index (χ4n) is 1.99. The van der Waals surface area contributed by atoms with E-state index >= 15 is 0 Å². The number of non-ortho nitro benzene ring substituents is 1. The third kappa shape index (κ3) is 2.74. The number of fused-ring (bicyclic) bond motifs is 1. The van der Waals surface area contributed by atoms with Gasteiger partial charge in [-0.3, -0.25) is 19.9 Å². The smallest absolute Gasteiger partial charge is 0.270 e. The number of nitro groups is 1. The molecular formula is C14H15N3O3. The van der Waals surface area contributed by atoms with E-state index < -0.39 is 4.92 Å². The number of aromatic nitrogens is 1. The minimum atomic E-state index is -0.483. The lowest BCUT2D eigenvalue weighted by atomic mass is 10.1. The minimum absolute atomic E-state index is 0.00952. The molecule has 0 fully saturated rings. The Morgan fingerprint density at radius 3 is 2.65 bits per heavy atom. The number of nitrogens with one attached hydrogen (secondary N) is 1. The summed E-state index contributed by atoms with van der Waals surface area (Å²) in [6, 6.07) is 5.97. The predicted octanol–water partition coefficient (Wildman–Crippen LogP) is 2.59. The maximum atomic E-state index is 12.2. The second-order valence-electron chi connectivity index (χ2n) is 4.90. The molecule has 0 saturated carbocycles. The van der Waals surface area contributed by atoms with E-state index in [1.54, 1.807) is 19.1 Å². The Morgan fingerprint density at radius 2 is 2.05 bits per heavy atom. The molecule has 0 bridgehead atoms. The quantitative estimate of drug-likeness (QED) is 0.688. The largest absolute Gasteiger partial charge is 0.350 e. The molecule has 0 spiro atoms. The lowest BCUT2D eigenvalue weighted by Crippen LogP contribution is -2.30. The first-order valence-corrected chi connectivity index (χ1v) is 6.25. The SMILES string of the molecule is Cc1cc(C(=O)NC(C)C)c2cc([N+](=O)[O-])ccc2n1. The molecule has 2 rings (SSSR count).